The van der Waals surface area contributed by atoms with Crippen molar-refractivity contribution in [2.24, 2.45) is 17.3 Å². The molecular formula is C16H32O. The van der Waals surface area contributed by atoms with Crippen molar-refractivity contribution in [3.05, 3.63) is 0 Å². The van der Waals surface area contributed by atoms with Gasteiger partial charge in [-0.05, 0) is 42.9 Å². The van der Waals surface area contributed by atoms with Gasteiger partial charge in [0.15, 0.2) is 0 Å². The number of rotatable bonds is 6. The van der Waals surface area contributed by atoms with E-state index in [1.807, 2.05) is 0 Å². The van der Waals surface area contributed by atoms with Gasteiger partial charge in [-0.3, -0.25) is 0 Å². The Morgan fingerprint density at radius 3 is 2.59 bits per heavy atom. The van der Waals surface area contributed by atoms with Crippen molar-refractivity contribution in [2.45, 2.75) is 85.2 Å². The molecule has 2 unspecified atom stereocenters. The minimum absolute atomic E-state index is 0.0557. The molecule has 17 heavy (non-hydrogen) atoms. The third kappa shape index (κ3) is 4.62. The van der Waals surface area contributed by atoms with Gasteiger partial charge in [-0.1, -0.05) is 53.4 Å². The van der Waals surface area contributed by atoms with Gasteiger partial charge in [0.05, 0.1) is 6.10 Å². The highest BCUT2D eigenvalue weighted by molar-refractivity contribution is 4.86. The van der Waals surface area contributed by atoms with Crippen LogP contribution in [0.4, 0.5) is 0 Å². The molecule has 0 aromatic rings. The molecule has 3 atom stereocenters. The van der Waals surface area contributed by atoms with Crippen LogP contribution >= 0.6 is 0 Å². The maximum absolute atomic E-state index is 9.97. The first-order chi connectivity index (χ1) is 7.97. The molecule has 1 aliphatic rings. The number of unbranched alkanes of at least 4 members (excludes halogenated alkanes) is 1. The number of hydrogen-bond acceptors (Lipinski definition) is 1. The molecule has 0 amide bonds. The largest absolute Gasteiger partial charge is 0.393 e. The molecule has 1 fully saturated rings. The fourth-order valence-electron chi connectivity index (χ4n) is 3.67. The number of aliphatic hydroxyl groups is 1. The van der Waals surface area contributed by atoms with Crippen LogP contribution in [0.1, 0.15) is 79.1 Å². The summed E-state index contributed by atoms with van der Waals surface area (Å²) in [6, 6.07) is 0. The highest BCUT2D eigenvalue weighted by Crippen LogP contribution is 2.46. The van der Waals surface area contributed by atoms with Crippen molar-refractivity contribution >= 4 is 0 Å². The van der Waals surface area contributed by atoms with Crippen LogP contribution in [-0.4, -0.2) is 11.2 Å². The molecule has 0 aliphatic heterocycles. The van der Waals surface area contributed by atoms with Gasteiger partial charge in [0, 0.05) is 0 Å². The van der Waals surface area contributed by atoms with Crippen LogP contribution in [0, 0.1) is 17.3 Å². The van der Waals surface area contributed by atoms with Crippen LogP contribution < -0.4 is 0 Å². The smallest absolute Gasteiger partial charge is 0.0540 e. The second-order valence-electron chi connectivity index (χ2n) is 6.84. The lowest BCUT2D eigenvalue weighted by molar-refractivity contribution is 0.0557. The van der Waals surface area contributed by atoms with Gasteiger partial charge in [0.1, 0.15) is 0 Å². The molecule has 1 rings (SSSR count). The predicted molar refractivity (Wildman–Crippen MR) is 75.1 cm³/mol. The van der Waals surface area contributed by atoms with Gasteiger partial charge in [0.25, 0.3) is 0 Å². The Kier molecular flexibility index (Phi) is 5.99. The Balaban J connectivity index is 2.37. The summed E-state index contributed by atoms with van der Waals surface area (Å²) in [6.07, 6.45) is 9.69. The number of aliphatic hydroxyl groups excluding tert-OH is 1. The van der Waals surface area contributed by atoms with E-state index in [9.17, 15) is 5.11 Å². The van der Waals surface area contributed by atoms with Gasteiger partial charge in [-0.25, -0.2) is 0 Å². The zero-order chi connectivity index (χ0) is 12.9. The molecule has 1 saturated carbocycles. The molecule has 1 N–H and O–H groups in total. The quantitative estimate of drug-likeness (QED) is 0.708. The SMILES string of the molecule is CCCCC(O)CCC1[C@H](C)CCCC1(C)C. The molecule has 0 bridgehead atoms. The minimum Gasteiger partial charge on any atom is -0.393 e. The van der Waals surface area contributed by atoms with Crippen LogP contribution in [-0.2, 0) is 0 Å². The Bertz CT molecular complexity index is 210. The van der Waals surface area contributed by atoms with Gasteiger partial charge in [-0.15, -0.1) is 0 Å². The Labute approximate surface area is 108 Å². The fraction of sp³-hybridized carbons (Fsp3) is 1.00. The van der Waals surface area contributed by atoms with Crippen molar-refractivity contribution in [3.63, 3.8) is 0 Å². The molecule has 102 valence electrons. The molecular weight excluding hydrogens is 208 g/mol. The van der Waals surface area contributed by atoms with E-state index in [0.29, 0.717) is 5.41 Å². The molecule has 1 heteroatoms. The fourth-order valence-corrected chi connectivity index (χ4v) is 3.67. The lowest BCUT2D eigenvalue weighted by Gasteiger charge is -2.43. The summed E-state index contributed by atoms with van der Waals surface area (Å²) < 4.78 is 0. The van der Waals surface area contributed by atoms with E-state index in [4.69, 9.17) is 0 Å². The predicted octanol–water partition coefficient (Wildman–Crippen LogP) is 4.78. The van der Waals surface area contributed by atoms with Crippen molar-refractivity contribution < 1.29 is 5.11 Å². The molecule has 0 aromatic heterocycles. The van der Waals surface area contributed by atoms with E-state index in [2.05, 4.69) is 27.7 Å². The van der Waals surface area contributed by atoms with E-state index in [0.717, 1.165) is 24.7 Å². The third-order valence-electron chi connectivity index (χ3n) is 4.87. The first-order valence-electron chi connectivity index (χ1n) is 7.65. The highest BCUT2D eigenvalue weighted by Gasteiger charge is 2.36. The van der Waals surface area contributed by atoms with E-state index in [1.54, 1.807) is 0 Å². The molecule has 0 spiro atoms. The topological polar surface area (TPSA) is 20.2 Å². The summed E-state index contributed by atoms with van der Waals surface area (Å²) in [6.45, 7) is 9.44. The average Bonchev–Trinajstić information content (AvgIpc) is 2.24. The summed E-state index contributed by atoms with van der Waals surface area (Å²) >= 11 is 0. The van der Waals surface area contributed by atoms with E-state index < -0.39 is 0 Å². The van der Waals surface area contributed by atoms with Crippen LogP contribution in [0.3, 0.4) is 0 Å². The van der Waals surface area contributed by atoms with Gasteiger partial charge in [0.2, 0.25) is 0 Å². The lowest BCUT2D eigenvalue weighted by Crippen LogP contribution is -2.34. The summed E-state index contributed by atoms with van der Waals surface area (Å²) in [5.41, 5.74) is 0.488. The normalized spacial score (nSPS) is 30.2. The summed E-state index contributed by atoms with van der Waals surface area (Å²) in [5.74, 6) is 1.66. The summed E-state index contributed by atoms with van der Waals surface area (Å²) in [4.78, 5) is 0. The van der Waals surface area contributed by atoms with E-state index in [-0.39, 0.29) is 6.10 Å². The molecule has 1 aliphatic carbocycles. The van der Waals surface area contributed by atoms with Crippen LogP contribution in [0.15, 0.2) is 0 Å². The van der Waals surface area contributed by atoms with Crippen molar-refractivity contribution in [1.29, 1.82) is 0 Å². The summed E-state index contributed by atoms with van der Waals surface area (Å²) in [5, 5.41) is 9.97. The maximum atomic E-state index is 9.97. The van der Waals surface area contributed by atoms with Crippen molar-refractivity contribution in [2.75, 3.05) is 0 Å². The second kappa shape index (κ2) is 6.78. The van der Waals surface area contributed by atoms with Crippen molar-refractivity contribution in [3.8, 4) is 0 Å². The molecule has 0 saturated heterocycles. The number of hydrogen-bond donors (Lipinski definition) is 1. The maximum Gasteiger partial charge on any atom is 0.0540 e. The van der Waals surface area contributed by atoms with Crippen LogP contribution in [0.25, 0.3) is 0 Å². The Hall–Kier alpha value is -0.0400. The first kappa shape index (κ1) is 15.0. The van der Waals surface area contributed by atoms with Crippen LogP contribution in [0.5, 0.6) is 0 Å². The molecule has 0 aromatic carbocycles. The third-order valence-corrected chi connectivity index (χ3v) is 4.87. The average molecular weight is 240 g/mol. The van der Waals surface area contributed by atoms with Gasteiger partial charge in [-0.2, -0.15) is 0 Å². The Morgan fingerprint density at radius 2 is 2.00 bits per heavy atom. The van der Waals surface area contributed by atoms with E-state index >= 15 is 0 Å². The molecule has 0 radical (unpaired) electrons. The Morgan fingerprint density at radius 1 is 1.29 bits per heavy atom. The van der Waals surface area contributed by atoms with Gasteiger partial charge >= 0.3 is 0 Å². The van der Waals surface area contributed by atoms with Gasteiger partial charge < -0.3 is 5.11 Å². The first-order valence-corrected chi connectivity index (χ1v) is 7.65. The zero-order valence-electron chi connectivity index (χ0n) is 12.3. The highest BCUT2D eigenvalue weighted by atomic mass is 16.3. The van der Waals surface area contributed by atoms with E-state index in [1.165, 1.54) is 38.5 Å². The van der Waals surface area contributed by atoms with Crippen molar-refractivity contribution in [1.82, 2.24) is 0 Å². The molecule has 0 heterocycles. The summed E-state index contributed by atoms with van der Waals surface area (Å²) in [7, 11) is 0. The lowest BCUT2D eigenvalue weighted by atomic mass is 9.62. The van der Waals surface area contributed by atoms with Crippen LogP contribution in [0.2, 0.25) is 0 Å². The monoisotopic (exact) mass is 240 g/mol. The standard InChI is InChI=1S/C16H32O/c1-5-6-9-14(17)10-11-15-13(2)8-7-12-16(15,3)4/h13-15,17H,5-12H2,1-4H3/t13-,14?,15?/m1/s1. The minimum atomic E-state index is -0.0557. The molecule has 1 nitrogen and oxygen atoms in total. The second-order valence-corrected chi connectivity index (χ2v) is 6.84. The zero-order valence-corrected chi connectivity index (χ0v) is 12.3.